The first-order chi connectivity index (χ1) is 10.2. The molecule has 1 aromatic heterocycles. The lowest BCUT2D eigenvalue weighted by molar-refractivity contribution is -0.116. The lowest BCUT2D eigenvalue weighted by Crippen LogP contribution is -2.20. The Labute approximate surface area is 132 Å². The van der Waals surface area contributed by atoms with E-state index in [0.29, 0.717) is 6.54 Å². The van der Waals surface area contributed by atoms with Gasteiger partial charge in [-0.05, 0) is 51.8 Å². The molecule has 0 aliphatic carbocycles. The molecule has 0 bridgehead atoms. The molecule has 1 amide bonds. The van der Waals surface area contributed by atoms with Crippen molar-refractivity contribution in [3.63, 3.8) is 0 Å². The van der Waals surface area contributed by atoms with E-state index in [1.807, 2.05) is 36.4 Å². The summed E-state index contributed by atoms with van der Waals surface area (Å²) in [6.07, 6.45) is 4.84. The molecule has 0 aliphatic heterocycles. The van der Waals surface area contributed by atoms with Crippen molar-refractivity contribution in [3.05, 3.63) is 64.4 Å². The summed E-state index contributed by atoms with van der Waals surface area (Å²) in [5, 5.41) is 2.82. The first-order valence-corrected chi connectivity index (χ1v) is 7.17. The highest BCUT2D eigenvalue weighted by molar-refractivity contribution is 9.10. The molecule has 4 nitrogen and oxygen atoms in total. The topological polar surface area (TPSA) is 51.2 Å². The third-order valence-corrected chi connectivity index (χ3v) is 3.40. The molecule has 0 spiro atoms. The third kappa shape index (κ3) is 4.72. The van der Waals surface area contributed by atoms with E-state index in [4.69, 9.17) is 4.74 Å². The second kappa shape index (κ2) is 7.59. The van der Waals surface area contributed by atoms with E-state index in [1.165, 1.54) is 6.08 Å². The van der Waals surface area contributed by atoms with Gasteiger partial charge in [-0.3, -0.25) is 9.78 Å². The largest absolute Gasteiger partial charge is 0.496 e. The monoisotopic (exact) mass is 346 g/mol. The zero-order valence-corrected chi connectivity index (χ0v) is 13.1. The van der Waals surface area contributed by atoms with Gasteiger partial charge in [0, 0.05) is 18.8 Å². The van der Waals surface area contributed by atoms with Gasteiger partial charge in [-0.25, -0.2) is 0 Å². The zero-order valence-electron chi connectivity index (χ0n) is 11.5. The standard InChI is InChI=1S/C16H15BrN2O2/c1-21-15-7-5-12(10-14(15)17)11-19-16(20)8-6-13-4-2-3-9-18-13/h2-10H,11H2,1H3,(H,19,20)/b8-6+. The molecule has 2 aromatic rings. The second-order valence-electron chi connectivity index (χ2n) is 4.27. The van der Waals surface area contributed by atoms with E-state index in [-0.39, 0.29) is 5.91 Å². The van der Waals surface area contributed by atoms with Gasteiger partial charge in [-0.1, -0.05) is 12.1 Å². The zero-order chi connectivity index (χ0) is 15.1. The number of benzene rings is 1. The van der Waals surface area contributed by atoms with E-state index in [0.717, 1.165) is 21.5 Å². The first kappa shape index (κ1) is 15.3. The van der Waals surface area contributed by atoms with Crippen LogP contribution in [0.3, 0.4) is 0 Å². The lowest BCUT2D eigenvalue weighted by Gasteiger charge is -2.06. The number of pyridine rings is 1. The average molecular weight is 347 g/mol. The fourth-order valence-corrected chi connectivity index (χ4v) is 2.29. The number of amides is 1. The Morgan fingerprint density at radius 2 is 2.24 bits per heavy atom. The van der Waals surface area contributed by atoms with Crippen molar-refractivity contribution in [1.29, 1.82) is 0 Å². The number of carbonyl (C=O) groups excluding carboxylic acids is 1. The molecule has 21 heavy (non-hydrogen) atoms. The molecule has 0 aliphatic rings. The van der Waals surface area contributed by atoms with Crippen LogP contribution < -0.4 is 10.1 Å². The molecule has 0 radical (unpaired) electrons. The maximum Gasteiger partial charge on any atom is 0.244 e. The van der Waals surface area contributed by atoms with Crippen LogP contribution in [0.1, 0.15) is 11.3 Å². The minimum absolute atomic E-state index is 0.160. The Bertz CT molecular complexity index is 642. The van der Waals surface area contributed by atoms with Gasteiger partial charge in [0.1, 0.15) is 5.75 Å². The minimum atomic E-state index is -0.160. The number of carbonyl (C=O) groups is 1. The predicted octanol–water partition coefficient (Wildman–Crippen LogP) is 3.18. The number of nitrogens with one attached hydrogen (secondary N) is 1. The van der Waals surface area contributed by atoms with E-state index < -0.39 is 0 Å². The highest BCUT2D eigenvalue weighted by atomic mass is 79.9. The van der Waals surface area contributed by atoms with Gasteiger partial charge < -0.3 is 10.1 Å². The highest BCUT2D eigenvalue weighted by Crippen LogP contribution is 2.25. The van der Waals surface area contributed by atoms with E-state index in [1.54, 1.807) is 19.4 Å². The Balaban J connectivity index is 1.89. The molecule has 0 saturated heterocycles. The molecular weight excluding hydrogens is 332 g/mol. The smallest absolute Gasteiger partial charge is 0.244 e. The molecule has 0 unspecified atom stereocenters. The van der Waals surface area contributed by atoms with E-state index in [2.05, 4.69) is 26.2 Å². The van der Waals surface area contributed by atoms with Gasteiger partial charge in [0.25, 0.3) is 0 Å². The summed E-state index contributed by atoms with van der Waals surface area (Å²) in [4.78, 5) is 15.8. The third-order valence-electron chi connectivity index (χ3n) is 2.78. The molecule has 2 rings (SSSR count). The van der Waals surface area contributed by atoms with Crippen molar-refractivity contribution >= 4 is 27.9 Å². The molecule has 1 aromatic carbocycles. The number of methoxy groups -OCH3 is 1. The van der Waals surface area contributed by atoms with Gasteiger partial charge >= 0.3 is 0 Å². The Morgan fingerprint density at radius 1 is 1.38 bits per heavy atom. The van der Waals surface area contributed by atoms with Crippen molar-refractivity contribution in [3.8, 4) is 5.75 Å². The van der Waals surface area contributed by atoms with Crippen LogP contribution in [0.2, 0.25) is 0 Å². The maximum absolute atomic E-state index is 11.7. The predicted molar refractivity (Wildman–Crippen MR) is 85.8 cm³/mol. The van der Waals surface area contributed by atoms with Crippen LogP contribution in [0.5, 0.6) is 5.75 Å². The lowest BCUT2D eigenvalue weighted by atomic mass is 10.2. The van der Waals surface area contributed by atoms with Gasteiger partial charge in [-0.15, -0.1) is 0 Å². The summed E-state index contributed by atoms with van der Waals surface area (Å²) < 4.78 is 6.02. The normalized spacial score (nSPS) is 10.6. The average Bonchev–Trinajstić information content (AvgIpc) is 2.52. The van der Waals surface area contributed by atoms with Gasteiger partial charge in [0.15, 0.2) is 0 Å². The Morgan fingerprint density at radius 3 is 2.90 bits per heavy atom. The SMILES string of the molecule is COc1ccc(CNC(=O)/C=C/c2ccccn2)cc1Br. The summed E-state index contributed by atoms with van der Waals surface area (Å²) in [7, 11) is 1.62. The van der Waals surface area contributed by atoms with Crippen LogP contribution in [-0.2, 0) is 11.3 Å². The number of nitrogens with zero attached hydrogens (tertiary/aromatic N) is 1. The summed E-state index contributed by atoms with van der Waals surface area (Å²) >= 11 is 3.42. The molecule has 1 N–H and O–H groups in total. The summed E-state index contributed by atoms with van der Waals surface area (Å²) in [6, 6.07) is 11.2. The van der Waals surface area contributed by atoms with Crippen LogP contribution in [0, 0.1) is 0 Å². The summed E-state index contributed by atoms with van der Waals surface area (Å²) in [5.41, 5.74) is 1.74. The number of ether oxygens (including phenoxy) is 1. The van der Waals surface area contributed by atoms with Gasteiger partial charge in [-0.2, -0.15) is 0 Å². The molecule has 0 fully saturated rings. The van der Waals surface area contributed by atoms with Crippen LogP contribution in [0.4, 0.5) is 0 Å². The molecule has 5 heteroatoms. The van der Waals surface area contributed by atoms with Crippen molar-refractivity contribution in [2.24, 2.45) is 0 Å². The van der Waals surface area contributed by atoms with Crippen LogP contribution >= 0.6 is 15.9 Å². The quantitative estimate of drug-likeness (QED) is 0.846. The summed E-state index contributed by atoms with van der Waals surface area (Å²) in [6.45, 7) is 0.452. The number of hydrogen-bond acceptors (Lipinski definition) is 3. The minimum Gasteiger partial charge on any atom is -0.496 e. The maximum atomic E-state index is 11.7. The molecule has 108 valence electrons. The van der Waals surface area contributed by atoms with Crippen molar-refractivity contribution < 1.29 is 9.53 Å². The molecule has 0 saturated carbocycles. The number of halogens is 1. The van der Waals surface area contributed by atoms with E-state index in [9.17, 15) is 4.79 Å². The number of rotatable bonds is 5. The van der Waals surface area contributed by atoms with Crippen molar-refractivity contribution in [2.75, 3.05) is 7.11 Å². The van der Waals surface area contributed by atoms with Crippen LogP contribution in [0.15, 0.2) is 53.1 Å². The van der Waals surface area contributed by atoms with Gasteiger partial charge in [0.2, 0.25) is 5.91 Å². The van der Waals surface area contributed by atoms with Gasteiger partial charge in [0.05, 0.1) is 17.3 Å². The van der Waals surface area contributed by atoms with Crippen LogP contribution in [0.25, 0.3) is 6.08 Å². The first-order valence-electron chi connectivity index (χ1n) is 6.38. The number of aromatic nitrogens is 1. The fourth-order valence-electron chi connectivity index (χ4n) is 1.70. The molecule has 0 atom stereocenters. The second-order valence-corrected chi connectivity index (χ2v) is 5.13. The van der Waals surface area contributed by atoms with Crippen molar-refractivity contribution in [1.82, 2.24) is 10.3 Å². The van der Waals surface area contributed by atoms with E-state index >= 15 is 0 Å². The van der Waals surface area contributed by atoms with Crippen molar-refractivity contribution in [2.45, 2.75) is 6.54 Å². The number of hydrogen-bond donors (Lipinski definition) is 1. The fraction of sp³-hybridized carbons (Fsp3) is 0.125. The molecular formula is C16H15BrN2O2. The molecule has 1 heterocycles. The Hall–Kier alpha value is -2.14. The summed E-state index contributed by atoms with van der Waals surface area (Å²) in [5.74, 6) is 0.604. The highest BCUT2D eigenvalue weighted by Gasteiger charge is 2.02. The Kier molecular flexibility index (Phi) is 5.51. The van der Waals surface area contributed by atoms with Crippen LogP contribution in [-0.4, -0.2) is 18.0 Å².